The van der Waals surface area contributed by atoms with Gasteiger partial charge in [-0.25, -0.2) is 0 Å². The summed E-state index contributed by atoms with van der Waals surface area (Å²) in [5.41, 5.74) is 3.00. The summed E-state index contributed by atoms with van der Waals surface area (Å²) >= 11 is 0. The van der Waals surface area contributed by atoms with Gasteiger partial charge in [0.05, 0.1) is 5.71 Å². The maximum Gasteiger partial charge on any atom is 0.0814 e. The first-order valence-electron chi connectivity index (χ1n) is 5.64. The first-order valence-corrected chi connectivity index (χ1v) is 5.64. The highest BCUT2D eigenvalue weighted by Crippen LogP contribution is 2.13. The minimum absolute atomic E-state index is 0. The molecular weight excluding hydrogens is 292 g/mol. The summed E-state index contributed by atoms with van der Waals surface area (Å²) in [6.07, 6.45) is 6.02. The Hall–Kier alpha value is -1.55. The molecule has 96 valence electrons. The number of hydrogen-bond donors (Lipinski definition) is 1. The van der Waals surface area contributed by atoms with E-state index in [1.807, 2.05) is 37.3 Å². The summed E-state index contributed by atoms with van der Waals surface area (Å²) < 4.78 is 0. The van der Waals surface area contributed by atoms with Crippen molar-refractivity contribution >= 4 is 5.71 Å². The quantitative estimate of drug-likeness (QED) is 0.477. The monoisotopic (exact) mass is 307 g/mol. The van der Waals surface area contributed by atoms with Gasteiger partial charge in [-0.15, -0.1) is 0 Å². The van der Waals surface area contributed by atoms with E-state index >= 15 is 0 Å². The molecule has 3 nitrogen and oxygen atoms in total. The lowest BCUT2D eigenvalue weighted by molar-refractivity contribution is -0.00000432. The molecule has 1 aliphatic heterocycles. The number of allylic oxidation sites excluding steroid dienone is 2. The molecule has 0 fully saturated rings. The molecule has 0 bridgehead atoms. The Bertz CT molecular complexity index is 466. The van der Waals surface area contributed by atoms with Crippen LogP contribution in [0.5, 0.6) is 0 Å². The van der Waals surface area contributed by atoms with Crippen LogP contribution in [0.3, 0.4) is 0 Å². The Balaban J connectivity index is 0.00000162. The van der Waals surface area contributed by atoms with Gasteiger partial charge in [0.1, 0.15) is 0 Å². The van der Waals surface area contributed by atoms with Crippen LogP contribution in [0, 0.1) is 0 Å². The van der Waals surface area contributed by atoms with Gasteiger partial charge in [0.25, 0.3) is 0 Å². The minimum atomic E-state index is 0. The Morgan fingerprint density at radius 3 is 2.72 bits per heavy atom. The van der Waals surface area contributed by atoms with Crippen LogP contribution in [0.4, 0.5) is 0 Å². The van der Waals surface area contributed by atoms with Crippen LogP contribution in [0.1, 0.15) is 12.5 Å². The van der Waals surface area contributed by atoms with Crippen molar-refractivity contribution in [3.8, 4) is 0 Å². The fraction of sp³-hybridized carbons (Fsp3) is 0.214. The molecule has 0 atom stereocenters. The van der Waals surface area contributed by atoms with E-state index in [4.69, 9.17) is 5.21 Å². The number of rotatable bonds is 3. The predicted octanol–water partition coefficient (Wildman–Crippen LogP) is -0.204. The Morgan fingerprint density at radius 1 is 1.33 bits per heavy atom. The summed E-state index contributed by atoms with van der Waals surface area (Å²) in [6, 6.07) is 10.3. The van der Waals surface area contributed by atoms with Crippen molar-refractivity contribution in [1.82, 2.24) is 4.90 Å². The van der Waals surface area contributed by atoms with Crippen LogP contribution in [0.15, 0.2) is 59.4 Å². The van der Waals surface area contributed by atoms with Gasteiger partial charge in [-0.1, -0.05) is 41.6 Å². The molecule has 0 aromatic heterocycles. The van der Waals surface area contributed by atoms with Crippen LogP contribution < -0.4 is 17.0 Å². The molecule has 1 aromatic carbocycles. The molecule has 0 aliphatic carbocycles. The highest BCUT2D eigenvalue weighted by molar-refractivity contribution is 5.98. The van der Waals surface area contributed by atoms with Crippen LogP contribution in [0.25, 0.3) is 0 Å². The second-order valence-electron chi connectivity index (χ2n) is 4.11. The molecule has 0 amide bonds. The van der Waals surface area contributed by atoms with Gasteiger partial charge in [0, 0.05) is 13.1 Å². The zero-order valence-electron chi connectivity index (χ0n) is 10.3. The van der Waals surface area contributed by atoms with E-state index in [1.165, 1.54) is 5.56 Å². The lowest BCUT2D eigenvalue weighted by atomic mass is 10.1. The van der Waals surface area contributed by atoms with Gasteiger partial charge < -0.3 is 27.1 Å². The largest absolute Gasteiger partial charge is 1.00 e. The zero-order chi connectivity index (χ0) is 12.1. The molecular formula is C14H16BrN2O-. The fourth-order valence-corrected chi connectivity index (χ4v) is 1.83. The normalized spacial score (nSPS) is 15.1. The van der Waals surface area contributed by atoms with Gasteiger partial charge in [-0.2, -0.15) is 0 Å². The third kappa shape index (κ3) is 3.74. The van der Waals surface area contributed by atoms with Crippen molar-refractivity contribution in [2.45, 2.75) is 13.5 Å². The second kappa shape index (κ2) is 7.01. The fourth-order valence-electron chi connectivity index (χ4n) is 1.83. The number of hydrogen-bond acceptors (Lipinski definition) is 3. The summed E-state index contributed by atoms with van der Waals surface area (Å²) in [5, 5.41) is 12.0. The first kappa shape index (κ1) is 14.5. The van der Waals surface area contributed by atoms with Crippen LogP contribution in [-0.2, 0) is 6.54 Å². The standard InChI is InChI=1S/C14H16N2O.BrH/c1-12(15-17)14-8-5-9-16(11-14)10-13-6-3-2-4-7-13;/h2-9,17H,10-11H2,1H3;1H/p-1. The molecule has 18 heavy (non-hydrogen) atoms. The van der Waals surface area contributed by atoms with Gasteiger partial charge >= 0.3 is 0 Å². The Morgan fingerprint density at radius 2 is 2.06 bits per heavy atom. The Labute approximate surface area is 118 Å². The summed E-state index contributed by atoms with van der Waals surface area (Å²) in [5.74, 6) is 0. The number of nitrogens with zero attached hydrogens (tertiary/aromatic N) is 2. The summed E-state index contributed by atoms with van der Waals surface area (Å²) in [6.45, 7) is 3.46. The molecule has 1 N–H and O–H groups in total. The third-order valence-electron chi connectivity index (χ3n) is 2.81. The highest BCUT2D eigenvalue weighted by atomic mass is 79.9. The van der Waals surface area contributed by atoms with E-state index in [0.717, 1.165) is 18.7 Å². The zero-order valence-corrected chi connectivity index (χ0v) is 11.8. The summed E-state index contributed by atoms with van der Waals surface area (Å²) in [7, 11) is 0. The molecule has 0 saturated carbocycles. The van der Waals surface area contributed by atoms with E-state index in [9.17, 15) is 0 Å². The predicted molar refractivity (Wildman–Crippen MR) is 69.0 cm³/mol. The molecule has 4 heteroatoms. The van der Waals surface area contributed by atoms with Crippen molar-refractivity contribution in [3.63, 3.8) is 0 Å². The van der Waals surface area contributed by atoms with Gasteiger partial charge in [0.2, 0.25) is 0 Å². The molecule has 0 spiro atoms. The molecule has 1 heterocycles. The van der Waals surface area contributed by atoms with E-state index in [0.29, 0.717) is 5.71 Å². The molecule has 0 saturated heterocycles. The minimum Gasteiger partial charge on any atom is -1.00 e. The van der Waals surface area contributed by atoms with Crippen molar-refractivity contribution < 1.29 is 22.2 Å². The maximum atomic E-state index is 8.77. The third-order valence-corrected chi connectivity index (χ3v) is 2.81. The van der Waals surface area contributed by atoms with E-state index in [2.05, 4.69) is 28.4 Å². The average molecular weight is 308 g/mol. The van der Waals surface area contributed by atoms with Crippen molar-refractivity contribution in [1.29, 1.82) is 0 Å². The van der Waals surface area contributed by atoms with E-state index in [-0.39, 0.29) is 17.0 Å². The van der Waals surface area contributed by atoms with Crippen LogP contribution >= 0.6 is 0 Å². The molecule has 1 aliphatic rings. The first-order chi connectivity index (χ1) is 8.29. The van der Waals surface area contributed by atoms with Crippen molar-refractivity contribution in [2.75, 3.05) is 6.54 Å². The van der Waals surface area contributed by atoms with Gasteiger partial charge in [-0.05, 0) is 30.3 Å². The molecule has 2 rings (SSSR count). The topological polar surface area (TPSA) is 35.8 Å². The average Bonchev–Trinajstić information content (AvgIpc) is 2.39. The van der Waals surface area contributed by atoms with Gasteiger partial charge in [0.15, 0.2) is 0 Å². The molecule has 1 aromatic rings. The number of halogens is 1. The summed E-state index contributed by atoms with van der Waals surface area (Å²) in [4.78, 5) is 2.19. The SMILES string of the molecule is CC(=NO)C1=CC=CN(Cc2ccccc2)C1.[Br-]. The van der Waals surface area contributed by atoms with Crippen LogP contribution in [-0.4, -0.2) is 22.4 Å². The van der Waals surface area contributed by atoms with Crippen molar-refractivity contribution in [2.24, 2.45) is 5.16 Å². The lowest BCUT2D eigenvalue weighted by Gasteiger charge is -2.24. The van der Waals surface area contributed by atoms with E-state index < -0.39 is 0 Å². The molecule has 0 unspecified atom stereocenters. The smallest absolute Gasteiger partial charge is 0.0814 e. The number of oxime groups is 1. The Kier molecular flexibility index (Phi) is 5.65. The van der Waals surface area contributed by atoms with Crippen LogP contribution in [0.2, 0.25) is 0 Å². The highest BCUT2D eigenvalue weighted by Gasteiger charge is 2.10. The molecule has 0 radical (unpaired) electrons. The van der Waals surface area contributed by atoms with Gasteiger partial charge in [-0.3, -0.25) is 0 Å². The second-order valence-corrected chi connectivity index (χ2v) is 4.11. The lowest BCUT2D eigenvalue weighted by Crippen LogP contribution is -3.00. The van der Waals surface area contributed by atoms with Crippen molar-refractivity contribution in [3.05, 3.63) is 59.8 Å². The maximum absolute atomic E-state index is 8.77. The van der Waals surface area contributed by atoms with E-state index in [1.54, 1.807) is 0 Å². The number of benzene rings is 1.